The zero-order valence-corrected chi connectivity index (χ0v) is 19.8. The summed E-state index contributed by atoms with van der Waals surface area (Å²) in [5.41, 5.74) is -0.518. The van der Waals surface area contributed by atoms with Crippen LogP contribution in [0.2, 0.25) is 0 Å². The zero-order valence-electron chi connectivity index (χ0n) is 19.0. The molecule has 0 aliphatic carbocycles. The highest BCUT2D eigenvalue weighted by Crippen LogP contribution is 2.35. The lowest BCUT2D eigenvalue weighted by Crippen LogP contribution is -2.63. The van der Waals surface area contributed by atoms with Gasteiger partial charge in [-0.25, -0.2) is 0 Å². The minimum atomic E-state index is -5.57. The van der Waals surface area contributed by atoms with Gasteiger partial charge in [0.1, 0.15) is 24.1 Å². The molecule has 0 N–H and O–H groups in total. The number of hydrogen-bond acceptors (Lipinski definition) is 12. The monoisotopic (exact) mass is 523 g/mol. The molecule has 5 atom stereocenters. The molecular formula is C20H23F2NO11S. The number of rotatable bonds is 8. The average Bonchev–Trinajstić information content (AvgIpc) is 2.70. The molecule has 0 saturated carbocycles. The summed E-state index contributed by atoms with van der Waals surface area (Å²) in [5, 5.41) is 0. The first kappa shape index (κ1) is 27.9. The molecule has 1 heterocycles. The molecule has 0 bridgehead atoms. The lowest BCUT2D eigenvalue weighted by atomic mass is 9.98. The molecule has 194 valence electrons. The van der Waals surface area contributed by atoms with Crippen LogP contribution in [0.3, 0.4) is 0 Å². The van der Waals surface area contributed by atoms with Gasteiger partial charge in [0, 0.05) is 27.7 Å². The van der Waals surface area contributed by atoms with Crippen LogP contribution in [-0.2, 0) is 53.4 Å². The fraction of sp³-hybridized carbons (Fsp3) is 0.500. The second-order valence-electron chi connectivity index (χ2n) is 7.14. The normalized spacial score (nSPS) is 24.0. The lowest BCUT2D eigenvalue weighted by molar-refractivity contribution is -0.288. The Kier molecular flexibility index (Phi) is 9.47. The van der Waals surface area contributed by atoms with E-state index < -0.39 is 77.4 Å². The molecule has 0 aromatic heterocycles. The number of hydrogen-bond donors (Lipinski definition) is 0. The maximum absolute atomic E-state index is 13.1. The first-order chi connectivity index (χ1) is 16.3. The van der Waals surface area contributed by atoms with Crippen molar-refractivity contribution in [1.82, 2.24) is 0 Å². The molecule has 2 rings (SSSR count). The Balaban J connectivity index is 2.56. The van der Waals surface area contributed by atoms with Crippen molar-refractivity contribution in [3.63, 3.8) is 0 Å². The van der Waals surface area contributed by atoms with Gasteiger partial charge in [-0.1, -0.05) is 19.9 Å². The lowest BCUT2D eigenvalue weighted by Gasteiger charge is -2.43. The van der Waals surface area contributed by atoms with E-state index in [1.165, 1.54) is 18.2 Å². The van der Waals surface area contributed by atoms with Crippen molar-refractivity contribution < 1.29 is 59.6 Å². The maximum Gasteiger partial charge on any atom is 0.372 e. The van der Waals surface area contributed by atoms with Crippen LogP contribution in [0, 0.1) is 0 Å². The van der Waals surface area contributed by atoms with Crippen molar-refractivity contribution in [2.24, 2.45) is 4.36 Å². The van der Waals surface area contributed by atoms with Gasteiger partial charge < -0.3 is 28.4 Å². The minimum absolute atomic E-state index is 0.351. The van der Waals surface area contributed by atoms with E-state index in [1.54, 1.807) is 0 Å². The van der Waals surface area contributed by atoms with E-state index in [9.17, 15) is 31.2 Å². The molecule has 1 aliphatic rings. The molecule has 1 fully saturated rings. The van der Waals surface area contributed by atoms with E-state index >= 15 is 0 Å². The van der Waals surface area contributed by atoms with Crippen molar-refractivity contribution in [3.8, 4) is 5.75 Å². The van der Waals surface area contributed by atoms with Crippen LogP contribution in [-0.4, -0.2) is 65.4 Å². The van der Waals surface area contributed by atoms with Crippen LogP contribution < -0.4 is 4.74 Å². The number of benzene rings is 1. The van der Waals surface area contributed by atoms with Gasteiger partial charge >= 0.3 is 34.4 Å². The fourth-order valence-electron chi connectivity index (χ4n) is 3.16. The largest absolute Gasteiger partial charge is 0.463 e. The second-order valence-corrected chi connectivity index (χ2v) is 8.12. The number of para-hydroxylation sites is 1. The van der Waals surface area contributed by atoms with E-state index in [4.69, 9.17) is 28.4 Å². The maximum atomic E-state index is 13.1. The summed E-state index contributed by atoms with van der Waals surface area (Å²) in [6.45, 7) is 3.71. The molecular weight excluding hydrogens is 500 g/mol. The number of halogens is 2. The van der Waals surface area contributed by atoms with Gasteiger partial charge in [0.05, 0.1) is 0 Å². The van der Waals surface area contributed by atoms with E-state index in [0.29, 0.717) is 0 Å². The van der Waals surface area contributed by atoms with Crippen molar-refractivity contribution in [1.29, 1.82) is 0 Å². The van der Waals surface area contributed by atoms with E-state index in [2.05, 4.69) is 4.36 Å². The van der Waals surface area contributed by atoms with E-state index in [-0.39, 0.29) is 5.75 Å². The van der Waals surface area contributed by atoms with Gasteiger partial charge in [0.15, 0.2) is 12.2 Å². The molecule has 35 heavy (non-hydrogen) atoms. The Morgan fingerprint density at radius 1 is 0.886 bits per heavy atom. The number of esters is 4. The first-order valence-corrected chi connectivity index (χ1v) is 11.3. The molecule has 1 saturated heterocycles. The Labute approximate surface area is 199 Å². The highest BCUT2D eigenvalue weighted by molar-refractivity contribution is 7.83. The van der Waals surface area contributed by atoms with Crippen LogP contribution in [0.4, 0.5) is 13.5 Å². The molecule has 1 aromatic rings. The Hall–Kier alpha value is -3.33. The molecule has 0 amide bonds. The van der Waals surface area contributed by atoms with Crippen molar-refractivity contribution >= 4 is 40.1 Å². The summed E-state index contributed by atoms with van der Waals surface area (Å²) >= 11 is 0. The predicted molar refractivity (Wildman–Crippen MR) is 111 cm³/mol. The Morgan fingerprint density at radius 3 is 1.97 bits per heavy atom. The molecule has 1 aliphatic heterocycles. The van der Waals surface area contributed by atoms with Crippen molar-refractivity contribution in [3.05, 3.63) is 24.3 Å². The highest BCUT2D eigenvalue weighted by atomic mass is 32.3. The molecule has 0 radical (unpaired) electrons. The van der Waals surface area contributed by atoms with E-state index in [1.807, 2.05) is 0 Å². The average molecular weight is 523 g/mol. The zero-order chi connectivity index (χ0) is 26.3. The quantitative estimate of drug-likeness (QED) is 0.279. The Bertz CT molecular complexity index is 1080. The van der Waals surface area contributed by atoms with Crippen molar-refractivity contribution in [2.75, 3.05) is 6.61 Å². The molecule has 0 spiro atoms. The third-order valence-corrected chi connectivity index (χ3v) is 4.67. The topological polar surface area (TPSA) is 153 Å². The van der Waals surface area contributed by atoms with Gasteiger partial charge in [-0.15, -0.1) is 4.36 Å². The van der Waals surface area contributed by atoms with Gasteiger partial charge in [-0.2, -0.15) is 4.21 Å². The summed E-state index contributed by atoms with van der Waals surface area (Å²) in [5.74, 6) is -3.63. The van der Waals surface area contributed by atoms with Gasteiger partial charge in [0.25, 0.3) is 0 Å². The number of ether oxygens (including phenoxy) is 6. The number of carbonyl (C=O) groups excluding carboxylic acids is 4. The van der Waals surface area contributed by atoms with Gasteiger partial charge in [-0.05, 0) is 12.1 Å². The minimum Gasteiger partial charge on any atom is -0.463 e. The smallest absolute Gasteiger partial charge is 0.372 e. The summed E-state index contributed by atoms with van der Waals surface area (Å²) in [6.07, 6.45) is -7.49. The molecule has 0 unspecified atom stereocenters. The highest BCUT2D eigenvalue weighted by Gasteiger charge is 2.53. The first-order valence-electron chi connectivity index (χ1n) is 9.99. The summed E-state index contributed by atoms with van der Waals surface area (Å²) in [4.78, 5) is 46.7. The third kappa shape index (κ3) is 8.75. The van der Waals surface area contributed by atoms with Crippen molar-refractivity contribution in [2.45, 2.75) is 58.4 Å². The van der Waals surface area contributed by atoms with Crippen LogP contribution in [0.5, 0.6) is 5.75 Å². The van der Waals surface area contributed by atoms with Crippen LogP contribution >= 0.6 is 0 Å². The second kappa shape index (κ2) is 11.9. The summed E-state index contributed by atoms with van der Waals surface area (Å²) < 4.78 is 71.9. The van der Waals surface area contributed by atoms with Gasteiger partial charge in [-0.3, -0.25) is 19.2 Å². The predicted octanol–water partition coefficient (Wildman–Crippen LogP) is 2.02. The van der Waals surface area contributed by atoms with Crippen LogP contribution in [0.25, 0.3) is 0 Å². The number of nitrogens with zero attached hydrogens (tertiary/aromatic N) is 1. The SMILES string of the molecule is CC(=O)OC[C@H]1O[C@@H](Oc2ccccc2N=S(=O)(F)F)[C@H](OC(C)=O)[C@@H](OC(C)=O)[C@H]1OC(C)=O. The van der Waals surface area contributed by atoms with Crippen LogP contribution in [0.15, 0.2) is 28.6 Å². The number of carbonyl (C=O) groups is 4. The van der Waals surface area contributed by atoms with Crippen LogP contribution in [0.1, 0.15) is 27.7 Å². The molecule has 15 heteroatoms. The molecule has 1 aromatic carbocycles. The molecule has 12 nitrogen and oxygen atoms in total. The fourth-order valence-corrected chi connectivity index (χ4v) is 3.54. The van der Waals surface area contributed by atoms with Gasteiger partial charge in [0.2, 0.25) is 12.4 Å². The summed E-state index contributed by atoms with van der Waals surface area (Å²) in [7, 11) is -5.57. The Morgan fingerprint density at radius 2 is 1.43 bits per heavy atom. The third-order valence-electron chi connectivity index (χ3n) is 4.26. The summed E-state index contributed by atoms with van der Waals surface area (Å²) in [6, 6.07) is 4.99. The van der Waals surface area contributed by atoms with E-state index in [0.717, 1.165) is 33.8 Å². The standard InChI is InChI=1S/C20H23F2NO11S/c1-10(24)29-9-16-17(30-11(2)25)18(31-12(3)26)19(32-13(4)27)20(34-16)33-15-8-6-5-7-14(15)23-35(21,22)28/h5-8,16-20H,9H2,1-4H3/t16-,17+,18+,19-,20-/m1/s1.